The topological polar surface area (TPSA) is 111 Å². The number of aromatic hydroxyl groups is 1. The van der Waals surface area contributed by atoms with Crippen molar-refractivity contribution in [1.29, 1.82) is 0 Å². The van der Waals surface area contributed by atoms with Gasteiger partial charge in [0.15, 0.2) is 0 Å². The molecule has 0 radical (unpaired) electrons. The van der Waals surface area contributed by atoms with Gasteiger partial charge in [0.2, 0.25) is 11.7 Å². The van der Waals surface area contributed by atoms with Gasteiger partial charge in [0, 0.05) is 17.0 Å². The number of amides is 1. The van der Waals surface area contributed by atoms with Crippen molar-refractivity contribution < 1.29 is 36.7 Å². The fourth-order valence-corrected chi connectivity index (χ4v) is 3.35. The molecule has 0 bridgehead atoms. The van der Waals surface area contributed by atoms with Crippen LogP contribution in [0.25, 0.3) is 27.9 Å². The van der Waals surface area contributed by atoms with Crippen LogP contribution in [0.1, 0.15) is 31.9 Å². The van der Waals surface area contributed by atoms with E-state index in [-0.39, 0.29) is 30.1 Å². The quantitative estimate of drug-likeness (QED) is 0.303. The normalized spacial score (nSPS) is 13.1. The lowest BCUT2D eigenvalue weighted by Gasteiger charge is -2.17. The molecule has 2 heterocycles. The van der Waals surface area contributed by atoms with Gasteiger partial charge in [-0.3, -0.25) is 4.79 Å². The Kier molecular flexibility index (Phi) is 7.00. The molecular formula is C25H22F3N3O5. The summed E-state index contributed by atoms with van der Waals surface area (Å²) in [7, 11) is 0. The van der Waals surface area contributed by atoms with Crippen molar-refractivity contribution in [2.45, 2.75) is 32.5 Å². The second kappa shape index (κ2) is 10.1. The fraction of sp³-hybridized carbons (Fsp3) is 0.240. The molecule has 0 aliphatic rings. The smallest absolute Gasteiger partial charge is 0.471 e. The van der Waals surface area contributed by atoms with Crippen molar-refractivity contribution >= 4 is 22.4 Å². The summed E-state index contributed by atoms with van der Waals surface area (Å²) in [5, 5.41) is 16.5. The highest BCUT2D eigenvalue weighted by Crippen LogP contribution is 2.30. The number of alkyl halides is 3. The summed E-state index contributed by atoms with van der Waals surface area (Å²) in [5.41, 5.74) is 1.55. The van der Waals surface area contributed by atoms with Gasteiger partial charge < -0.3 is 24.1 Å². The molecule has 8 nitrogen and oxygen atoms in total. The number of nitrogens with zero attached hydrogens (tertiary/aromatic N) is 2. The second-order valence-corrected chi connectivity index (χ2v) is 8.03. The number of furan rings is 1. The van der Waals surface area contributed by atoms with Crippen LogP contribution in [0.3, 0.4) is 0 Å². The lowest BCUT2D eigenvalue weighted by Crippen LogP contribution is -2.37. The number of hydrogen-bond acceptors (Lipinski definition) is 7. The van der Waals surface area contributed by atoms with Crippen LogP contribution in [0.5, 0.6) is 11.5 Å². The molecule has 4 aromatic rings. The predicted octanol–water partition coefficient (Wildman–Crippen LogP) is 5.58. The molecule has 2 aromatic carbocycles. The van der Waals surface area contributed by atoms with E-state index in [1.807, 2.05) is 6.92 Å². The van der Waals surface area contributed by atoms with E-state index in [4.69, 9.17) is 9.15 Å². The van der Waals surface area contributed by atoms with Crippen molar-refractivity contribution in [2.75, 3.05) is 6.61 Å². The number of allylic oxidation sites excluding steroid dienone is 1. The summed E-state index contributed by atoms with van der Waals surface area (Å²) in [6, 6.07) is 12.4. The minimum absolute atomic E-state index is 0.125. The second-order valence-electron chi connectivity index (χ2n) is 8.03. The first-order chi connectivity index (χ1) is 17.1. The Morgan fingerprint density at radius 2 is 1.94 bits per heavy atom. The standard InChI is InChI=1S/C25H22F3N3O5/c1-3-17(29-22(33)10-14(2)21-12-16-11-18(32)6-9-20(16)35-21)13-34-19-7-4-15(5-8-19)23-30-24(36-31-23)25(26,27)28/h4-12,17,32H,3,13H2,1-2H3,(H,29,33)/t17-/m0/s1. The number of hydrogen-bond donors (Lipinski definition) is 2. The summed E-state index contributed by atoms with van der Waals surface area (Å²) in [5.74, 6) is -0.819. The summed E-state index contributed by atoms with van der Waals surface area (Å²) in [6.45, 7) is 3.82. The van der Waals surface area contributed by atoms with Crippen LogP contribution in [0.4, 0.5) is 13.2 Å². The highest BCUT2D eigenvalue weighted by molar-refractivity contribution is 5.95. The molecule has 2 aromatic heterocycles. The molecule has 0 saturated carbocycles. The number of aromatic nitrogens is 2. The van der Waals surface area contributed by atoms with Gasteiger partial charge in [0.05, 0.1) is 6.04 Å². The SMILES string of the molecule is CC[C@@H](COc1ccc(-c2noc(C(F)(F)F)n2)cc1)NC(=O)C=C(C)c1cc2cc(O)ccc2o1. The Morgan fingerprint density at radius 1 is 1.19 bits per heavy atom. The largest absolute Gasteiger partial charge is 0.508 e. The molecule has 0 aliphatic heterocycles. The Balaban J connectivity index is 1.33. The van der Waals surface area contributed by atoms with Crippen LogP contribution in [0.15, 0.2) is 63.5 Å². The minimum Gasteiger partial charge on any atom is -0.508 e. The van der Waals surface area contributed by atoms with E-state index in [1.54, 1.807) is 37.3 Å². The highest BCUT2D eigenvalue weighted by Gasteiger charge is 2.38. The summed E-state index contributed by atoms with van der Waals surface area (Å²) >= 11 is 0. The highest BCUT2D eigenvalue weighted by atomic mass is 19.4. The number of phenolic OH excluding ortho intramolecular Hbond substituents is 1. The van der Waals surface area contributed by atoms with Gasteiger partial charge in [-0.15, -0.1) is 0 Å². The third-order valence-corrected chi connectivity index (χ3v) is 5.31. The van der Waals surface area contributed by atoms with E-state index in [9.17, 15) is 23.1 Å². The van der Waals surface area contributed by atoms with E-state index in [0.717, 1.165) is 5.39 Å². The van der Waals surface area contributed by atoms with Crippen LogP contribution < -0.4 is 10.1 Å². The fourth-order valence-electron chi connectivity index (χ4n) is 3.35. The van der Waals surface area contributed by atoms with Crippen molar-refractivity contribution in [2.24, 2.45) is 0 Å². The van der Waals surface area contributed by atoms with E-state index < -0.39 is 12.1 Å². The first kappa shape index (κ1) is 24.8. The third-order valence-electron chi connectivity index (χ3n) is 5.31. The van der Waals surface area contributed by atoms with Crippen molar-refractivity contribution in [3.8, 4) is 22.9 Å². The van der Waals surface area contributed by atoms with E-state index in [1.165, 1.54) is 24.3 Å². The molecule has 0 aliphatic carbocycles. The number of fused-ring (bicyclic) bond motifs is 1. The Bertz CT molecular complexity index is 1390. The number of rotatable bonds is 8. The van der Waals surface area contributed by atoms with Gasteiger partial charge in [-0.1, -0.05) is 12.1 Å². The number of carbonyl (C=O) groups is 1. The van der Waals surface area contributed by atoms with Crippen LogP contribution in [-0.2, 0) is 11.0 Å². The van der Waals surface area contributed by atoms with Crippen LogP contribution in [0.2, 0.25) is 0 Å². The molecule has 1 atom stereocenters. The molecule has 0 fully saturated rings. The van der Waals surface area contributed by atoms with Gasteiger partial charge in [-0.05, 0) is 67.4 Å². The first-order valence-corrected chi connectivity index (χ1v) is 11.0. The number of benzene rings is 2. The lowest BCUT2D eigenvalue weighted by molar-refractivity contribution is -0.159. The van der Waals surface area contributed by atoms with E-state index >= 15 is 0 Å². The summed E-state index contributed by atoms with van der Waals surface area (Å²) in [6.07, 6.45) is -2.68. The third kappa shape index (κ3) is 5.85. The Hall–Kier alpha value is -4.28. The van der Waals surface area contributed by atoms with Gasteiger partial charge in [-0.25, -0.2) is 0 Å². The first-order valence-electron chi connectivity index (χ1n) is 11.0. The average Bonchev–Trinajstić information content (AvgIpc) is 3.49. The zero-order valence-electron chi connectivity index (χ0n) is 19.3. The van der Waals surface area contributed by atoms with Crippen LogP contribution in [0, 0.1) is 0 Å². The molecule has 188 valence electrons. The molecule has 2 N–H and O–H groups in total. The van der Waals surface area contributed by atoms with Crippen molar-refractivity contribution in [3.05, 3.63) is 66.3 Å². The van der Waals surface area contributed by atoms with Gasteiger partial charge in [0.1, 0.15) is 29.4 Å². The molecule has 11 heteroatoms. The molecule has 36 heavy (non-hydrogen) atoms. The maximum absolute atomic E-state index is 12.6. The number of nitrogens with one attached hydrogen (secondary N) is 1. The molecule has 4 rings (SSSR count). The van der Waals surface area contributed by atoms with E-state index in [0.29, 0.717) is 34.7 Å². The zero-order valence-corrected chi connectivity index (χ0v) is 19.3. The van der Waals surface area contributed by atoms with Crippen molar-refractivity contribution in [1.82, 2.24) is 15.5 Å². The average molecular weight is 501 g/mol. The summed E-state index contributed by atoms with van der Waals surface area (Å²) < 4.78 is 53.6. The summed E-state index contributed by atoms with van der Waals surface area (Å²) in [4.78, 5) is 15.9. The van der Waals surface area contributed by atoms with Gasteiger partial charge >= 0.3 is 12.1 Å². The molecule has 0 spiro atoms. The number of carbonyl (C=O) groups excluding carboxylic acids is 1. The number of phenols is 1. The Morgan fingerprint density at radius 3 is 2.61 bits per heavy atom. The minimum atomic E-state index is -4.71. The van der Waals surface area contributed by atoms with Gasteiger partial charge in [-0.2, -0.15) is 18.2 Å². The zero-order chi connectivity index (χ0) is 25.9. The monoisotopic (exact) mass is 501 g/mol. The Labute approximate surface area is 203 Å². The van der Waals surface area contributed by atoms with Crippen LogP contribution in [-0.4, -0.2) is 33.8 Å². The molecule has 1 amide bonds. The van der Waals surface area contributed by atoms with E-state index in [2.05, 4.69) is 20.0 Å². The molecule has 0 saturated heterocycles. The maximum atomic E-state index is 12.6. The van der Waals surface area contributed by atoms with Crippen LogP contribution >= 0.6 is 0 Å². The van der Waals surface area contributed by atoms with Crippen molar-refractivity contribution in [3.63, 3.8) is 0 Å². The number of ether oxygens (including phenoxy) is 1. The molecule has 0 unspecified atom stereocenters. The maximum Gasteiger partial charge on any atom is 0.471 e. The lowest BCUT2D eigenvalue weighted by atomic mass is 10.1. The molecular weight excluding hydrogens is 479 g/mol. The van der Waals surface area contributed by atoms with Gasteiger partial charge in [0.25, 0.3) is 0 Å². The number of halogens is 3. The predicted molar refractivity (Wildman–Crippen MR) is 124 cm³/mol.